The number of aromatic nitrogens is 3. The maximum atomic E-state index is 14.6. The molecule has 1 aromatic heterocycles. The Morgan fingerprint density at radius 3 is 2.62 bits per heavy atom. The first-order valence-corrected chi connectivity index (χ1v) is 9.41. The summed E-state index contributed by atoms with van der Waals surface area (Å²) in [7, 11) is 1.82. The molecule has 2 rings (SSSR count). The first-order chi connectivity index (χ1) is 13.5. The Balaban J connectivity index is 2.27. The lowest BCUT2D eigenvalue weighted by molar-refractivity contribution is -0.0543. The van der Waals surface area contributed by atoms with E-state index < -0.39 is 23.3 Å². The van der Waals surface area contributed by atoms with Crippen molar-refractivity contribution < 1.29 is 13.9 Å². The highest BCUT2D eigenvalue weighted by Gasteiger charge is 2.40. The second-order valence-corrected chi connectivity index (χ2v) is 8.18. The first-order valence-electron chi connectivity index (χ1n) is 9.41. The van der Waals surface area contributed by atoms with Gasteiger partial charge in [0.2, 0.25) is 0 Å². The van der Waals surface area contributed by atoms with Crippen LogP contribution in [0.25, 0.3) is 0 Å². The summed E-state index contributed by atoms with van der Waals surface area (Å²) in [5, 5.41) is 15.6. The number of allylic oxidation sites excluding steroid dienone is 1. The van der Waals surface area contributed by atoms with Crippen molar-refractivity contribution in [2.24, 2.45) is 5.41 Å². The molecule has 2 atom stereocenters. The zero-order valence-corrected chi connectivity index (χ0v) is 17.5. The molecule has 0 saturated carbocycles. The zero-order valence-electron chi connectivity index (χ0n) is 17.5. The van der Waals surface area contributed by atoms with Crippen LogP contribution in [0.3, 0.4) is 0 Å². The van der Waals surface area contributed by atoms with Crippen molar-refractivity contribution in [3.05, 3.63) is 60.2 Å². The molecular weight excluding hydrogens is 374 g/mol. The summed E-state index contributed by atoms with van der Waals surface area (Å²) in [5.74, 6) is 4.61. The second-order valence-electron chi connectivity index (χ2n) is 8.18. The van der Waals surface area contributed by atoms with E-state index >= 15 is 0 Å². The van der Waals surface area contributed by atoms with Crippen molar-refractivity contribution in [2.45, 2.75) is 45.9 Å². The van der Waals surface area contributed by atoms with Gasteiger partial charge < -0.3 is 5.11 Å². The van der Waals surface area contributed by atoms with Crippen LogP contribution in [-0.2, 0) is 12.1 Å². The summed E-state index contributed by atoms with van der Waals surface area (Å²) in [6, 6.07) is 2.67. The third kappa shape index (κ3) is 6.21. The van der Waals surface area contributed by atoms with Gasteiger partial charge in [-0.2, -0.15) is 5.10 Å². The minimum absolute atomic E-state index is 0.00486. The fourth-order valence-electron chi connectivity index (χ4n) is 2.90. The number of aliphatic hydroxyl groups is 1. The molecule has 0 amide bonds. The molecule has 0 fully saturated rings. The van der Waals surface area contributed by atoms with Gasteiger partial charge in [0.1, 0.15) is 29.9 Å². The molecule has 5 nitrogen and oxygen atoms in total. The Morgan fingerprint density at radius 1 is 1.31 bits per heavy atom. The van der Waals surface area contributed by atoms with E-state index in [1.165, 1.54) is 23.4 Å². The zero-order chi connectivity index (χ0) is 21.7. The SMILES string of the molecule is C[C@H](N(C)C/C=C/C#CC(C)(C)C)[C@@](O)(Cn1cncn1)c1ccc(F)cc1F. The molecule has 1 aromatic carbocycles. The van der Waals surface area contributed by atoms with Gasteiger partial charge in [0.25, 0.3) is 0 Å². The van der Waals surface area contributed by atoms with Crippen LogP contribution in [0.4, 0.5) is 8.78 Å². The molecule has 0 spiro atoms. The van der Waals surface area contributed by atoms with Gasteiger partial charge in [0.15, 0.2) is 0 Å². The van der Waals surface area contributed by atoms with Gasteiger partial charge in [-0.15, -0.1) is 0 Å². The van der Waals surface area contributed by atoms with E-state index in [0.29, 0.717) is 6.54 Å². The van der Waals surface area contributed by atoms with Crippen LogP contribution in [0.2, 0.25) is 0 Å². The lowest BCUT2D eigenvalue weighted by Gasteiger charge is -2.39. The van der Waals surface area contributed by atoms with Crippen molar-refractivity contribution in [2.75, 3.05) is 13.6 Å². The molecule has 2 aromatic rings. The monoisotopic (exact) mass is 402 g/mol. The molecule has 29 heavy (non-hydrogen) atoms. The lowest BCUT2D eigenvalue weighted by Crippen LogP contribution is -2.50. The summed E-state index contributed by atoms with van der Waals surface area (Å²) in [5.41, 5.74) is -1.74. The average molecular weight is 402 g/mol. The summed E-state index contributed by atoms with van der Waals surface area (Å²) in [6.45, 7) is 8.34. The number of rotatable bonds is 7. The van der Waals surface area contributed by atoms with Crippen molar-refractivity contribution in [3.8, 4) is 11.8 Å². The number of nitrogens with zero attached hydrogens (tertiary/aromatic N) is 4. The van der Waals surface area contributed by atoms with E-state index in [0.717, 1.165) is 12.1 Å². The number of hydrogen-bond acceptors (Lipinski definition) is 4. The van der Waals surface area contributed by atoms with E-state index in [1.54, 1.807) is 13.0 Å². The molecule has 0 aliphatic carbocycles. The third-order valence-corrected chi connectivity index (χ3v) is 4.66. The lowest BCUT2D eigenvalue weighted by atomic mass is 9.85. The fourth-order valence-corrected chi connectivity index (χ4v) is 2.90. The number of benzene rings is 1. The van der Waals surface area contributed by atoms with Crippen LogP contribution in [0, 0.1) is 28.9 Å². The fraction of sp³-hybridized carbons (Fsp3) is 0.455. The van der Waals surface area contributed by atoms with Gasteiger partial charge in [-0.1, -0.05) is 24.0 Å². The Kier molecular flexibility index (Phi) is 7.28. The Hall–Kier alpha value is -2.56. The van der Waals surface area contributed by atoms with Crippen LogP contribution in [-0.4, -0.2) is 44.4 Å². The second kappa shape index (κ2) is 9.29. The van der Waals surface area contributed by atoms with E-state index in [9.17, 15) is 13.9 Å². The van der Waals surface area contributed by atoms with Gasteiger partial charge in [0, 0.05) is 29.6 Å². The number of hydrogen-bond donors (Lipinski definition) is 1. The molecule has 7 heteroatoms. The largest absolute Gasteiger partial charge is 0.381 e. The van der Waals surface area contributed by atoms with E-state index in [1.807, 2.05) is 38.8 Å². The van der Waals surface area contributed by atoms with Crippen LogP contribution < -0.4 is 0 Å². The van der Waals surface area contributed by atoms with Crippen molar-refractivity contribution in [1.29, 1.82) is 0 Å². The number of halogens is 2. The van der Waals surface area contributed by atoms with E-state index in [2.05, 4.69) is 21.9 Å². The Bertz CT molecular complexity index is 894. The molecule has 1 heterocycles. The van der Waals surface area contributed by atoms with Crippen molar-refractivity contribution in [1.82, 2.24) is 19.7 Å². The van der Waals surface area contributed by atoms with E-state index in [4.69, 9.17) is 0 Å². The predicted molar refractivity (Wildman–Crippen MR) is 109 cm³/mol. The van der Waals surface area contributed by atoms with E-state index in [-0.39, 0.29) is 17.5 Å². The average Bonchev–Trinajstić information content (AvgIpc) is 3.12. The molecule has 0 unspecified atom stereocenters. The van der Waals surface area contributed by atoms with Crippen molar-refractivity contribution in [3.63, 3.8) is 0 Å². The highest BCUT2D eigenvalue weighted by atomic mass is 19.1. The highest BCUT2D eigenvalue weighted by molar-refractivity contribution is 5.27. The quantitative estimate of drug-likeness (QED) is 0.722. The normalized spacial score (nSPS) is 15.2. The van der Waals surface area contributed by atoms with Crippen LogP contribution in [0.15, 0.2) is 43.0 Å². The van der Waals surface area contributed by atoms with Gasteiger partial charge in [-0.3, -0.25) is 4.90 Å². The standard InChI is InChI=1S/C22H28F2N4O/c1-17(27(5)12-8-6-7-11-21(2,3)4)22(29,14-28-16-25-15-26-28)19-10-9-18(23)13-20(19)24/h6,8-10,13,15-17,29H,12,14H2,1-5H3/b8-6+/t17-,22-/m0/s1. The third-order valence-electron chi connectivity index (χ3n) is 4.66. The molecule has 1 N–H and O–H groups in total. The predicted octanol–water partition coefficient (Wildman–Crippen LogP) is 3.37. The number of likely N-dealkylation sites (N-methyl/N-ethyl adjacent to an activating group) is 1. The van der Waals surface area contributed by atoms with Gasteiger partial charge in [-0.05, 0) is 46.9 Å². The summed E-state index contributed by atoms with van der Waals surface area (Å²) < 4.78 is 29.4. The minimum atomic E-state index is -1.66. The first kappa shape index (κ1) is 22.7. The summed E-state index contributed by atoms with van der Waals surface area (Å²) in [6.07, 6.45) is 6.43. The molecule has 0 radical (unpaired) electrons. The Labute approximate surface area is 171 Å². The van der Waals surface area contributed by atoms with Crippen LogP contribution >= 0.6 is 0 Å². The van der Waals surface area contributed by atoms with Gasteiger partial charge in [-0.25, -0.2) is 18.4 Å². The maximum absolute atomic E-state index is 14.6. The summed E-state index contributed by atoms with van der Waals surface area (Å²) >= 11 is 0. The molecular formula is C22H28F2N4O. The maximum Gasteiger partial charge on any atom is 0.137 e. The highest BCUT2D eigenvalue weighted by Crippen LogP contribution is 2.32. The molecule has 0 aliphatic heterocycles. The van der Waals surface area contributed by atoms with Gasteiger partial charge >= 0.3 is 0 Å². The van der Waals surface area contributed by atoms with Crippen LogP contribution in [0.1, 0.15) is 33.3 Å². The molecule has 0 bridgehead atoms. The Morgan fingerprint density at radius 2 is 2.03 bits per heavy atom. The topological polar surface area (TPSA) is 54.2 Å². The summed E-state index contributed by atoms with van der Waals surface area (Å²) in [4.78, 5) is 5.75. The van der Waals surface area contributed by atoms with Crippen molar-refractivity contribution >= 4 is 0 Å². The van der Waals surface area contributed by atoms with Crippen LogP contribution in [0.5, 0.6) is 0 Å². The molecule has 0 saturated heterocycles. The van der Waals surface area contributed by atoms with Gasteiger partial charge in [0.05, 0.1) is 6.54 Å². The molecule has 0 aliphatic rings. The smallest absolute Gasteiger partial charge is 0.137 e. The minimum Gasteiger partial charge on any atom is -0.381 e. The molecule has 156 valence electrons.